The van der Waals surface area contributed by atoms with Crippen LogP contribution in [0.1, 0.15) is 65.2 Å². The smallest absolute Gasteiger partial charge is 0.412 e. The molecule has 0 radical (unpaired) electrons. The molecule has 3 aromatic carbocycles. The molecule has 0 bridgehead atoms. The van der Waals surface area contributed by atoms with Crippen LogP contribution in [0.2, 0.25) is 10.0 Å². The van der Waals surface area contributed by atoms with Crippen molar-refractivity contribution in [2.24, 2.45) is 0 Å². The molecule has 1 heterocycles. The highest BCUT2D eigenvalue weighted by atomic mass is 35.5. The van der Waals surface area contributed by atoms with Gasteiger partial charge in [0.1, 0.15) is 17.0 Å². The Bertz CT molecular complexity index is 1850. The molecule has 3 amide bonds. The molecule has 1 atom stereocenters. The summed E-state index contributed by atoms with van der Waals surface area (Å²) in [5.74, 6) is -1.45. The summed E-state index contributed by atoms with van der Waals surface area (Å²) in [4.78, 5) is 51.4. The molecule has 1 saturated heterocycles. The maximum Gasteiger partial charge on any atom is 0.412 e. The second kappa shape index (κ2) is 19.4. The van der Waals surface area contributed by atoms with Crippen molar-refractivity contribution in [3.05, 3.63) is 105 Å². The van der Waals surface area contributed by atoms with Crippen molar-refractivity contribution in [1.82, 2.24) is 9.80 Å². The minimum atomic E-state index is -1.09. The van der Waals surface area contributed by atoms with Gasteiger partial charge < -0.3 is 19.5 Å². The highest BCUT2D eigenvalue weighted by molar-refractivity contribution is 6.31. The van der Waals surface area contributed by atoms with Gasteiger partial charge in [-0.2, -0.15) is 0 Å². The number of carboxylic acids is 1. The van der Waals surface area contributed by atoms with Gasteiger partial charge in [0.05, 0.1) is 11.4 Å². The van der Waals surface area contributed by atoms with Crippen molar-refractivity contribution in [1.29, 1.82) is 0 Å². The fraction of sp³-hybridized carbons (Fsp3) is 0.350. The standard InChI is InChI=1S/C26H31ClFN3O3.C14H16ClNO4/c1-18-16-30(17-19-5-9-22(28)10-6-19)13-14-31(18)24(32)12-7-20-15-21(27)8-11-23(20)29-25(33)34-26(2,3)4;1-14(2,3)20-13(19)16-11-6-5-10(15)8-9(11)4-7-12(17)18/h5-12,15,18H,13-14,16-17H2,1-4H3,(H,29,33);4-8H,1-3H3,(H,16,19)(H,17,18)/b12-7+;7-4+. The summed E-state index contributed by atoms with van der Waals surface area (Å²) >= 11 is 12.0. The lowest BCUT2D eigenvalue weighted by atomic mass is 10.1. The van der Waals surface area contributed by atoms with Crippen LogP contribution in [0.3, 0.4) is 0 Å². The second-order valence-corrected chi connectivity index (χ2v) is 15.3. The fourth-order valence-corrected chi connectivity index (χ4v) is 5.53. The van der Waals surface area contributed by atoms with Crippen molar-refractivity contribution in [2.45, 2.75) is 72.3 Å². The van der Waals surface area contributed by atoms with Crippen molar-refractivity contribution < 1.29 is 38.1 Å². The van der Waals surface area contributed by atoms with Gasteiger partial charge in [0.2, 0.25) is 5.91 Å². The SMILES string of the molecule is CC(C)(C)OC(=O)Nc1ccc(Cl)cc1/C=C/C(=O)O.CC1CN(Cc2ccc(F)cc2)CCN1C(=O)/C=C/c1cc(Cl)ccc1NC(=O)OC(C)(C)C. The first-order chi connectivity index (χ1) is 25.2. The van der Waals surface area contributed by atoms with E-state index in [9.17, 15) is 23.6 Å². The topological polar surface area (TPSA) is 138 Å². The predicted octanol–water partition coefficient (Wildman–Crippen LogP) is 9.36. The van der Waals surface area contributed by atoms with Gasteiger partial charge in [-0.1, -0.05) is 35.3 Å². The van der Waals surface area contributed by atoms with Gasteiger partial charge in [-0.25, -0.2) is 18.8 Å². The molecule has 3 N–H and O–H groups in total. The first-order valence-electron chi connectivity index (χ1n) is 17.1. The summed E-state index contributed by atoms with van der Waals surface area (Å²) in [5.41, 5.74) is 1.80. The number of benzene rings is 3. The lowest BCUT2D eigenvalue weighted by molar-refractivity contribution is -0.131. The van der Waals surface area contributed by atoms with Crippen molar-refractivity contribution >= 4 is 70.8 Å². The third kappa shape index (κ3) is 15.6. The van der Waals surface area contributed by atoms with E-state index in [-0.39, 0.29) is 17.8 Å². The summed E-state index contributed by atoms with van der Waals surface area (Å²) in [7, 11) is 0. The highest BCUT2D eigenvalue weighted by Gasteiger charge is 2.26. The number of halogens is 3. The number of ether oxygens (including phenoxy) is 2. The van der Waals surface area contributed by atoms with Gasteiger partial charge in [0.25, 0.3) is 0 Å². The molecule has 11 nitrogen and oxygen atoms in total. The Morgan fingerprint density at radius 1 is 0.796 bits per heavy atom. The summed E-state index contributed by atoms with van der Waals surface area (Å²) < 4.78 is 23.6. The van der Waals surface area contributed by atoms with E-state index in [0.29, 0.717) is 45.6 Å². The molecule has 4 rings (SSSR count). The van der Waals surface area contributed by atoms with Gasteiger partial charge in [0, 0.05) is 54.4 Å². The molecule has 3 aromatic rings. The Labute approximate surface area is 325 Å². The molecule has 1 unspecified atom stereocenters. The highest BCUT2D eigenvalue weighted by Crippen LogP contribution is 2.25. The van der Waals surface area contributed by atoms with Gasteiger partial charge in [-0.05, 0) is 126 Å². The number of anilines is 2. The summed E-state index contributed by atoms with van der Waals surface area (Å²) in [6, 6.07) is 16.3. The van der Waals surface area contributed by atoms with Crippen molar-refractivity contribution in [3.63, 3.8) is 0 Å². The predicted molar refractivity (Wildman–Crippen MR) is 211 cm³/mol. The van der Waals surface area contributed by atoms with Crippen LogP contribution in [0.15, 0.2) is 72.8 Å². The van der Waals surface area contributed by atoms with E-state index in [2.05, 4.69) is 15.5 Å². The molecule has 0 aromatic heterocycles. The van der Waals surface area contributed by atoms with Gasteiger partial charge in [-0.3, -0.25) is 20.3 Å². The molecule has 0 saturated carbocycles. The van der Waals surface area contributed by atoms with E-state index >= 15 is 0 Å². The normalized spacial score (nSPS) is 15.0. The average Bonchev–Trinajstić information content (AvgIpc) is 3.04. The Kier molecular flexibility index (Phi) is 15.6. The summed E-state index contributed by atoms with van der Waals surface area (Å²) in [6.07, 6.45) is 4.26. The van der Waals surface area contributed by atoms with Crippen molar-refractivity contribution in [3.8, 4) is 0 Å². The van der Waals surface area contributed by atoms with E-state index in [1.54, 1.807) is 96.1 Å². The van der Waals surface area contributed by atoms with Gasteiger partial charge in [0.15, 0.2) is 0 Å². The van der Waals surface area contributed by atoms with Crippen LogP contribution in [-0.2, 0) is 25.6 Å². The minimum absolute atomic E-state index is 0.0186. The molecule has 0 spiro atoms. The van der Waals surface area contributed by atoms with Crippen LogP contribution in [0.25, 0.3) is 12.2 Å². The molecule has 14 heteroatoms. The molecule has 290 valence electrons. The number of carbonyl (C=O) groups is 4. The molecular weight excluding hydrogens is 738 g/mol. The number of amides is 3. The van der Waals surface area contributed by atoms with Crippen LogP contribution in [-0.4, -0.2) is 75.8 Å². The Morgan fingerprint density at radius 3 is 1.72 bits per heavy atom. The zero-order chi connectivity index (χ0) is 40.2. The van der Waals surface area contributed by atoms with Crippen LogP contribution >= 0.6 is 23.2 Å². The van der Waals surface area contributed by atoms with Crippen LogP contribution < -0.4 is 10.6 Å². The summed E-state index contributed by atoms with van der Waals surface area (Å²) in [6.45, 7) is 15.4. The zero-order valence-electron chi connectivity index (χ0n) is 31.4. The lowest BCUT2D eigenvalue weighted by Crippen LogP contribution is -2.53. The second-order valence-electron chi connectivity index (χ2n) is 14.5. The third-order valence-electron chi connectivity index (χ3n) is 7.42. The average molecular weight is 786 g/mol. The number of nitrogens with zero attached hydrogens (tertiary/aromatic N) is 2. The molecule has 1 aliphatic rings. The van der Waals surface area contributed by atoms with Crippen LogP contribution in [0, 0.1) is 5.82 Å². The van der Waals surface area contributed by atoms with Gasteiger partial charge in [-0.15, -0.1) is 0 Å². The first-order valence-corrected chi connectivity index (χ1v) is 17.9. The van der Waals surface area contributed by atoms with E-state index in [1.165, 1.54) is 24.3 Å². The number of aliphatic carboxylic acids is 1. The molecule has 54 heavy (non-hydrogen) atoms. The first kappa shape index (κ1) is 43.5. The van der Waals surface area contributed by atoms with Crippen LogP contribution in [0.5, 0.6) is 0 Å². The molecule has 1 fully saturated rings. The van der Waals surface area contributed by atoms with E-state index in [4.69, 9.17) is 37.8 Å². The maximum absolute atomic E-state index is 13.1. The minimum Gasteiger partial charge on any atom is -0.478 e. The number of carbonyl (C=O) groups excluding carboxylic acids is 3. The largest absolute Gasteiger partial charge is 0.478 e. The van der Waals surface area contributed by atoms with Crippen molar-refractivity contribution in [2.75, 3.05) is 30.3 Å². The van der Waals surface area contributed by atoms with E-state index in [0.717, 1.165) is 24.7 Å². The number of hydrogen-bond donors (Lipinski definition) is 3. The Morgan fingerprint density at radius 2 is 1.28 bits per heavy atom. The number of nitrogens with one attached hydrogen (secondary N) is 2. The van der Waals surface area contributed by atoms with Crippen LogP contribution in [0.4, 0.5) is 25.4 Å². The molecule has 0 aliphatic carbocycles. The maximum atomic E-state index is 13.1. The lowest BCUT2D eigenvalue weighted by Gasteiger charge is -2.39. The Balaban J connectivity index is 0.000000334. The fourth-order valence-electron chi connectivity index (χ4n) is 5.17. The number of rotatable bonds is 8. The zero-order valence-corrected chi connectivity index (χ0v) is 32.9. The van der Waals surface area contributed by atoms with Gasteiger partial charge >= 0.3 is 18.2 Å². The third-order valence-corrected chi connectivity index (χ3v) is 7.89. The number of piperazine rings is 1. The molecular formula is C40H47Cl2FN4O7. The Hall–Kier alpha value is -4.91. The monoisotopic (exact) mass is 784 g/mol. The van der Waals surface area contributed by atoms with E-state index in [1.807, 2.05) is 11.8 Å². The summed E-state index contributed by atoms with van der Waals surface area (Å²) in [5, 5.41) is 14.8. The number of hydrogen-bond acceptors (Lipinski definition) is 7. The van der Waals surface area contributed by atoms with E-state index < -0.39 is 29.4 Å². The quantitative estimate of drug-likeness (QED) is 0.192. The molecule has 1 aliphatic heterocycles. The number of carboxylic acid groups (broad SMARTS) is 1.